The third-order valence-electron chi connectivity index (χ3n) is 3.39. The van der Waals surface area contributed by atoms with Crippen LogP contribution in [0.15, 0.2) is 30.3 Å². The van der Waals surface area contributed by atoms with Crippen LogP contribution in [0.4, 0.5) is 0 Å². The largest absolute Gasteiger partial charge is 0.492 e. The maximum Gasteiger partial charge on any atom is 0.332 e. The predicted molar refractivity (Wildman–Crippen MR) is 75.1 cm³/mol. The standard InChI is InChI=1S/C15H19NO5/c1-16(9-10-20-11-5-3-2-4-6-11)14(17)12-7-8-13(21-12)15(18)19/h2-6,12-13H,7-10H2,1H3,(H,18,19)/t12-,13+/m0/s1. The quantitative estimate of drug-likeness (QED) is 0.851. The predicted octanol–water partition coefficient (Wildman–Crippen LogP) is 1.16. The van der Waals surface area contributed by atoms with Gasteiger partial charge in [-0.1, -0.05) is 18.2 Å². The van der Waals surface area contributed by atoms with E-state index < -0.39 is 18.2 Å². The topological polar surface area (TPSA) is 76.1 Å². The highest BCUT2D eigenvalue weighted by Gasteiger charge is 2.35. The smallest absolute Gasteiger partial charge is 0.332 e. The summed E-state index contributed by atoms with van der Waals surface area (Å²) < 4.78 is 10.8. The fourth-order valence-electron chi connectivity index (χ4n) is 2.17. The number of aliphatic carboxylic acids is 1. The van der Waals surface area contributed by atoms with Gasteiger partial charge in [0.1, 0.15) is 18.5 Å². The Bertz CT molecular complexity index is 490. The molecule has 1 heterocycles. The van der Waals surface area contributed by atoms with Crippen LogP contribution < -0.4 is 4.74 Å². The van der Waals surface area contributed by atoms with Crippen molar-refractivity contribution in [3.8, 4) is 5.75 Å². The molecular weight excluding hydrogens is 274 g/mol. The second-order valence-corrected chi connectivity index (χ2v) is 4.95. The number of hydrogen-bond acceptors (Lipinski definition) is 4. The third-order valence-corrected chi connectivity index (χ3v) is 3.39. The summed E-state index contributed by atoms with van der Waals surface area (Å²) in [7, 11) is 1.66. The number of ether oxygens (including phenoxy) is 2. The molecule has 1 fully saturated rings. The van der Waals surface area contributed by atoms with Crippen LogP contribution in [0, 0.1) is 0 Å². The van der Waals surface area contributed by atoms with E-state index in [1.807, 2.05) is 30.3 Å². The van der Waals surface area contributed by atoms with E-state index in [9.17, 15) is 9.59 Å². The van der Waals surface area contributed by atoms with E-state index in [0.29, 0.717) is 26.0 Å². The number of carbonyl (C=O) groups excluding carboxylic acids is 1. The van der Waals surface area contributed by atoms with Crippen molar-refractivity contribution in [2.24, 2.45) is 0 Å². The van der Waals surface area contributed by atoms with Gasteiger partial charge in [-0.25, -0.2) is 4.79 Å². The van der Waals surface area contributed by atoms with Gasteiger partial charge in [-0.3, -0.25) is 4.79 Å². The van der Waals surface area contributed by atoms with Gasteiger partial charge in [-0.2, -0.15) is 0 Å². The molecule has 0 aliphatic carbocycles. The van der Waals surface area contributed by atoms with Gasteiger partial charge in [-0.15, -0.1) is 0 Å². The van der Waals surface area contributed by atoms with Crippen molar-refractivity contribution in [3.05, 3.63) is 30.3 Å². The Balaban J connectivity index is 1.74. The molecule has 1 aliphatic heterocycles. The molecule has 0 unspecified atom stereocenters. The van der Waals surface area contributed by atoms with E-state index >= 15 is 0 Å². The lowest BCUT2D eigenvalue weighted by Gasteiger charge is -2.21. The maximum atomic E-state index is 12.1. The van der Waals surface area contributed by atoms with Gasteiger partial charge in [0, 0.05) is 7.05 Å². The number of carboxylic acid groups (broad SMARTS) is 1. The van der Waals surface area contributed by atoms with Gasteiger partial charge in [-0.05, 0) is 25.0 Å². The molecule has 1 aromatic carbocycles. The van der Waals surface area contributed by atoms with Crippen LogP contribution in [0.1, 0.15) is 12.8 Å². The molecule has 2 atom stereocenters. The van der Waals surface area contributed by atoms with Gasteiger partial charge >= 0.3 is 5.97 Å². The zero-order valence-electron chi connectivity index (χ0n) is 11.9. The lowest BCUT2D eigenvalue weighted by Crippen LogP contribution is -2.39. The van der Waals surface area contributed by atoms with E-state index in [0.717, 1.165) is 5.75 Å². The van der Waals surface area contributed by atoms with Crippen molar-refractivity contribution in [2.45, 2.75) is 25.0 Å². The highest BCUT2D eigenvalue weighted by Crippen LogP contribution is 2.21. The number of carboxylic acids is 1. The number of amides is 1. The molecule has 6 heteroatoms. The summed E-state index contributed by atoms with van der Waals surface area (Å²) in [6, 6.07) is 9.35. The summed E-state index contributed by atoms with van der Waals surface area (Å²) in [6.45, 7) is 0.798. The van der Waals surface area contributed by atoms with Crippen LogP contribution in [0.3, 0.4) is 0 Å². The summed E-state index contributed by atoms with van der Waals surface area (Å²) in [6.07, 6.45) is -0.708. The average Bonchev–Trinajstić information content (AvgIpc) is 2.97. The minimum absolute atomic E-state index is 0.199. The molecule has 1 N–H and O–H groups in total. The number of hydrogen-bond donors (Lipinski definition) is 1. The Morgan fingerprint density at radius 3 is 2.57 bits per heavy atom. The van der Waals surface area contributed by atoms with E-state index in [4.69, 9.17) is 14.6 Å². The second-order valence-electron chi connectivity index (χ2n) is 4.95. The monoisotopic (exact) mass is 293 g/mol. The van der Waals surface area contributed by atoms with Crippen LogP contribution in [-0.2, 0) is 14.3 Å². The minimum Gasteiger partial charge on any atom is -0.492 e. The van der Waals surface area contributed by atoms with Crippen LogP contribution in [0.5, 0.6) is 5.75 Å². The number of nitrogens with zero attached hydrogens (tertiary/aromatic N) is 1. The molecule has 6 nitrogen and oxygen atoms in total. The van der Waals surface area contributed by atoms with Crippen molar-refractivity contribution in [3.63, 3.8) is 0 Å². The van der Waals surface area contributed by atoms with Crippen molar-refractivity contribution in [2.75, 3.05) is 20.2 Å². The Labute approximate surface area is 123 Å². The number of rotatable bonds is 6. The summed E-state index contributed by atoms with van der Waals surface area (Å²) in [5.41, 5.74) is 0. The molecule has 1 aliphatic rings. The van der Waals surface area contributed by atoms with Crippen molar-refractivity contribution < 1.29 is 24.2 Å². The van der Waals surface area contributed by atoms with E-state index in [1.165, 1.54) is 4.90 Å². The SMILES string of the molecule is CN(CCOc1ccccc1)C(=O)[C@@H]1CC[C@H](C(=O)O)O1. The van der Waals surface area contributed by atoms with Crippen LogP contribution in [0.2, 0.25) is 0 Å². The molecule has 2 rings (SSSR count). The van der Waals surface area contributed by atoms with Crippen LogP contribution in [0.25, 0.3) is 0 Å². The van der Waals surface area contributed by atoms with Crippen molar-refractivity contribution in [1.82, 2.24) is 4.90 Å². The summed E-state index contributed by atoms with van der Waals surface area (Å²) in [5.74, 6) is -0.461. The zero-order valence-corrected chi connectivity index (χ0v) is 11.9. The first kappa shape index (κ1) is 15.3. The maximum absolute atomic E-state index is 12.1. The van der Waals surface area contributed by atoms with Gasteiger partial charge < -0.3 is 19.5 Å². The van der Waals surface area contributed by atoms with Crippen LogP contribution >= 0.6 is 0 Å². The Morgan fingerprint density at radius 1 is 1.29 bits per heavy atom. The van der Waals surface area contributed by atoms with E-state index in [1.54, 1.807) is 7.05 Å². The number of likely N-dealkylation sites (N-methyl/N-ethyl adjacent to an activating group) is 1. The van der Waals surface area contributed by atoms with Gasteiger partial charge in [0.25, 0.3) is 5.91 Å². The number of benzene rings is 1. The average molecular weight is 293 g/mol. The minimum atomic E-state index is -1.01. The first-order valence-electron chi connectivity index (χ1n) is 6.89. The molecule has 1 saturated heterocycles. The highest BCUT2D eigenvalue weighted by atomic mass is 16.5. The summed E-state index contributed by atoms with van der Waals surface area (Å²) in [4.78, 5) is 24.4. The lowest BCUT2D eigenvalue weighted by molar-refractivity contribution is -0.154. The Kier molecular flexibility index (Phi) is 5.16. The normalized spacial score (nSPS) is 21.0. The Hall–Kier alpha value is -2.08. The lowest BCUT2D eigenvalue weighted by atomic mass is 10.2. The molecule has 0 saturated carbocycles. The fraction of sp³-hybridized carbons (Fsp3) is 0.467. The van der Waals surface area contributed by atoms with E-state index in [2.05, 4.69) is 0 Å². The van der Waals surface area contributed by atoms with Gasteiger partial charge in [0.05, 0.1) is 6.54 Å². The second kappa shape index (κ2) is 7.08. The first-order valence-corrected chi connectivity index (χ1v) is 6.89. The number of para-hydroxylation sites is 1. The highest BCUT2D eigenvalue weighted by molar-refractivity contribution is 5.82. The van der Waals surface area contributed by atoms with Crippen LogP contribution in [-0.4, -0.2) is 54.3 Å². The third kappa shape index (κ3) is 4.19. The van der Waals surface area contributed by atoms with Crippen molar-refractivity contribution >= 4 is 11.9 Å². The molecule has 1 amide bonds. The first-order chi connectivity index (χ1) is 10.1. The molecule has 21 heavy (non-hydrogen) atoms. The fourth-order valence-corrected chi connectivity index (χ4v) is 2.17. The summed E-state index contributed by atoms with van der Waals surface area (Å²) in [5, 5.41) is 8.85. The zero-order chi connectivity index (χ0) is 15.2. The molecule has 0 spiro atoms. The molecule has 0 bridgehead atoms. The summed E-state index contributed by atoms with van der Waals surface area (Å²) >= 11 is 0. The molecule has 0 radical (unpaired) electrons. The van der Waals surface area contributed by atoms with Crippen molar-refractivity contribution in [1.29, 1.82) is 0 Å². The molecule has 1 aromatic rings. The molecule has 114 valence electrons. The molecular formula is C15H19NO5. The van der Waals surface area contributed by atoms with Gasteiger partial charge in [0.15, 0.2) is 6.10 Å². The molecule has 0 aromatic heterocycles. The van der Waals surface area contributed by atoms with Gasteiger partial charge in [0.2, 0.25) is 0 Å². The Morgan fingerprint density at radius 2 is 1.95 bits per heavy atom. The number of carbonyl (C=O) groups is 2. The van der Waals surface area contributed by atoms with E-state index in [-0.39, 0.29) is 5.91 Å².